The van der Waals surface area contributed by atoms with E-state index in [0.29, 0.717) is 17.1 Å². The lowest BCUT2D eigenvalue weighted by atomic mass is 10.2. The van der Waals surface area contributed by atoms with Gasteiger partial charge in [-0.2, -0.15) is 0 Å². The molecular formula is C8H6F2N3. The van der Waals surface area contributed by atoms with Gasteiger partial charge in [-0.3, -0.25) is 0 Å². The van der Waals surface area contributed by atoms with Crippen LogP contribution in [0.5, 0.6) is 0 Å². The van der Waals surface area contributed by atoms with E-state index in [2.05, 4.69) is 10.3 Å². The highest BCUT2D eigenvalue weighted by Gasteiger charge is 2.24. The van der Waals surface area contributed by atoms with Crippen LogP contribution in [0.2, 0.25) is 0 Å². The molecule has 0 fully saturated rings. The molecule has 1 heterocycles. The number of amidine groups is 1. The molecule has 0 aromatic heterocycles. The lowest BCUT2D eigenvalue weighted by molar-refractivity contribution is 0.222. The largest absolute Gasteiger partial charge is 0.397 e. The van der Waals surface area contributed by atoms with Crippen LogP contribution in [0.15, 0.2) is 23.2 Å². The van der Waals surface area contributed by atoms with Crippen molar-refractivity contribution in [3.05, 3.63) is 18.2 Å². The first-order valence-electron chi connectivity index (χ1n) is 3.65. The Labute approximate surface area is 73.3 Å². The van der Waals surface area contributed by atoms with Crippen LogP contribution >= 0.6 is 0 Å². The van der Waals surface area contributed by atoms with E-state index in [4.69, 9.17) is 5.73 Å². The van der Waals surface area contributed by atoms with E-state index in [1.165, 1.54) is 0 Å². The fourth-order valence-corrected chi connectivity index (χ4v) is 1.12. The summed E-state index contributed by atoms with van der Waals surface area (Å²) >= 11 is 0. The molecule has 2 rings (SSSR count). The van der Waals surface area contributed by atoms with Gasteiger partial charge in [0.2, 0.25) is 0 Å². The Morgan fingerprint density at radius 3 is 2.69 bits per heavy atom. The minimum atomic E-state index is -2.65. The first kappa shape index (κ1) is 7.97. The van der Waals surface area contributed by atoms with Gasteiger partial charge in [0.15, 0.2) is 5.84 Å². The number of hydrogen-bond donors (Lipinski definition) is 1. The maximum atomic E-state index is 12.2. The molecule has 0 aliphatic carbocycles. The molecule has 0 amide bonds. The van der Waals surface area contributed by atoms with Crippen molar-refractivity contribution in [1.82, 2.24) is 5.32 Å². The zero-order valence-corrected chi connectivity index (χ0v) is 6.54. The van der Waals surface area contributed by atoms with Crippen molar-refractivity contribution < 1.29 is 8.78 Å². The number of anilines is 1. The molecule has 0 saturated carbocycles. The number of fused-ring (bicyclic) bond motifs is 1. The highest BCUT2D eigenvalue weighted by Crippen LogP contribution is 2.36. The molecule has 67 valence electrons. The number of rotatable bonds is 1. The van der Waals surface area contributed by atoms with Crippen LogP contribution in [0, 0.1) is 0 Å². The van der Waals surface area contributed by atoms with Gasteiger partial charge in [-0.15, -0.1) is 0 Å². The molecule has 13 heavy (non-hydrogen) atoms. The molecule has 5 heteroatoms. The van der Waals surface area contributed by atoms with E-state index in [1.807, 2.05) is 0 Å². The third-order valence-electron chi connectivity index (χ3n) is 1.70. The van der Waals surface area contributed by atoms with Gasteiger partial charge in [-0.05, 0) is 12.1 Å². The van der Waals surface area contributed by atoms with Gasteiger partial charge in [0.05, 0.1) is 11.4 Å². The number of halogens is 2. The van der Waals surface area contributed by atoms with Crippen LogP contribution in [0.4, 0.5) is 25.8 Å². The predicted octanol–water partition coefficient (Wildman–Crippen LogP) is 1.81. The highest BCUT2D eigenvalue weighted by atomic mass is 19.3. The molecule has 1 radical (unpaired) electrons. The summed E-state index contributed by atoms with van der Waals surface area (Å²) in [5.41, 5.74) is 6.65. The fourth-order valence-electron chi connectivity index (χ4n) is 1.12. The number of nitrogen functional groups attached to an aromatic ring is 1. The lowest BCUT2D eigenvalue weighted by Gasteiger charge is -1.97. The van der Waals surface area contributed by atoms with Crippen LogP contribution in [-0.4, -0.2) is 12.3 Å². The molecule has 0 unspecified atom stereocenters. The first-order chi connectivity index (χ1) is 6.18. The van der Waals surface area contributed by atoms with Crippen molar-refractivity contribution in [3.63, 3.8) is 0 Å². The van der Waals surface area contributed by atoms with Gasteiger partial charge in [0, 0.05) is 0 Å². The van der Waals surface area contributed by atoms with Crippen molar-refractivity contribution in [2.75, 3.05) is 5.73 Å². The molecule has 0 spiro atoms. The number of hydrogen-bond acceptors (Lipinski definition) is 2. The minimum absolute atomic E-state index is 0.345. The van der Waals surface area contributed by atoms with Gasteiger partial charge in [0.25, 0.3) is 6.43 Å². The Hall–Kier alpha value is -1.65. The van der Waals surface area contributed by atoms with E-state index in [0.717, 1.165) is 0 Å². The number of benzene rings is 1. The average Bonchev–Trinajstić information content (AvgIpc) is 2.49. The Kier molecular flexibility index (Phi) is 1.65. The monoisotopic (exact) mass is 182 g/mol. The Morgan fingerprint density at radius 1 is 1.31 bits per heavy atom. The van der Waals surface area contributed by atoms with E-state index in [-0.39, 0.29) is 0 Å². The van der Waals surface area contributed by atoms with Crippen LogP contribution in [0.25, 0.3) is 0 Å². The lowest BCUT2D eigenvalue weighted by Crippen LogP contribution is -2.15. The summed E-state index contributed by atoms with van der Waals surface area (Å²) in [7, 11) is 0. The molecule has 1 aliphatic heterocycles. The smallest absolute Gasteiger partial charge is 0.297 e. The standard InChI is InChI=1S/C8H6F2N3/c9-7(10)8-12-5-3-1-2-4(11)6(5)13-8/h1-3,7H,11H2. The highest BCUT2D eigenvalue weighted by molar-refractivity contribution is 6.00. The quantitative estimate of drug-likeness (QED) is 0.661. The van der Waals surface area contributed by atoms with E-state index < -0.39 is 12.3 Å². The maximum absolute atomic E-state index is 12.2. The van der Waals surface area contributed by atoms with Crippen molar-refractivity contribution >= 4 is 22.9 Å². The summed E-state index contributed by atoms with van der Waals surface area (Å²) < 4.78 is 24.3. The molecule has 3 nitrogen and oxygen atoms in total. The summed E-state index contributed by atoms with van der Waals surface area (Å²) in [6.07, 6.45) is -2.65. The minimum Gasteiger partial charge on any atom is -0.397 e. The average molecular weight is 182 g/mol. The zero-order valence-electron chi connectivity index (χ0n) is 6.54. The molecule has 1 aliphatic rings. The molecule has 1 aromatic carbocycles. The molecule has 1 aromatic rings. The number of nitrogens with zero attached hydrogens (tertiary/aromatic N) is 2. The first-order valence-corrected chi connectivity index (χ1v) is 3.65. The van der Waals surface area contributed by atoms with Gasteiger partial charge in [-0.1, -0.05) is 6.07 Å². The summed E-state index contributed by atoms with van der Waals surface area (Å²) in [6, 6.07) is 4.86. The SMILES string of the molecule is Nc1cccc2c1N=C(C(F)F)[N]2. The predicted molar refractivity (Wildman–Crippen MR) is 45.7 cm³/mol. The molecule has 0 saturated heterocycles. The zero-order chi connectivity index (χ0) is 9.42. The number of nitrogens with two attached hydrogens (primary N) is 1. The van der Waals surface area contributed by atoms with Crippen LogP contribution in [0.3, 0.4) is 0 Å². The Morgan fingerprint density at radius 2 is 2.08 bits per heavy atom. The molecule has 0 bridgehead atoms. The van der Waals surface area contributed by atoms with Gasteiger partial charge in [-0.25, -0.2) is 19.1 Å². The summed E-state index contributed by atoms with van der Waals surface area (Å²) in [6.45, 7) is 0. The summed E-state index contributed by atoms with van der Waals surface area (Å²) in [4.78, 5) is 3.63. The molecule has 0 atom stereocenters. The van der Waals surface area contributed by atoms with E-state index >= 15 is 0 Å². The number of para-hydroxylation sites is 1. The summed E-state index contributed by atoms with van der Waals surface area (Å²) in [5.74, 6) is -0.465. The molecule has 2 N–H and O–H groups in total. The number of alkyl halides is 2. The second-order valence-electron chi connectivity index (χ2n) is 2.60. The fraction of sp³-hybridized carbons (Fsp3) is 0.125. The van der Waals surface area contributed by atoms with Crippen LogP contribution in [-0.2, 0) is 0 Å². The van der Waals surface area contributed by atoms with E-state index in [1.54, 1.807) is 18.2 Å². The Balaban J connectivity index is 2.43. The second kappa shape index (κ2) is 2.69. The van der Waals surface area contributed by atoms with Gasteiger partial charge in [0.1, 0.15) is 5.69 Å². The van der Waals surface area contributed by atoms with E-state index in [9.17, 15) is 8.78 Å². The topological polar surface area (TPSA) is 52.5 Å². The second-order valence-corrected chi connectivity index (χ2v) is 2.60. The van der Waals surface area contributed by atoms with Gasteiger partial charge < -0.3 is 5.73 Å². The maximum Gasteiger partial charge on any atom is 0.297 e. The third-order valence-corrected chi connectivity index (χ3v) is 1.70. The van der Waals surface area contributed by atoms with Crippen LogP contribution in [0.1, 0.15) is 0 Å². The van der Waals surface area contributed by atoms with Crippen molar-refractivity contribution in [2.24, 2.45) is 4.99 Å². The van der Waals surface area contributed by atoms with Gasteiger partial charge >= 0.3 is 0 Å². The number of aliphatic imine (C=N–C) groups is 1. The third kappa shape index (κ3) is 1.22. The normalized spacial score (nSPS) is 13.9. The van der Waals surface area contributed by atoms with Crippen LogP contribution < -0.4 is 11.1 Å². The van der Waals surface area contributed by atoms with Crippen molar-refractivity contribution in [1.29, 1.82) is 0 Å². The van der Waals surface area contributed by atoms with Crippen molar-refractivity contribution in [2.45, 2.75) is 6.43 Å². The Bertz CT molecular complexity index is 374. The van der Waals surface area contributed by atoms with Crippen molar-refractivity contribution in [3.8, 4) is 0 Å². The summed E-state index contributed by atoms with van der Waals surface area (Å²) in [5, 5.41) is 3.63. The molecular weight excluding hydrogens is 176 g/mol.